The molecule has 3 heteroatoms. The second-order valence-corrected chi connectivity index (χ2v) is 6.59. The van der Waals surface area contributed by atoms with E-state index in [-0.39, 0.29) is 0 Å². The van der Waals surface area contributed by atoms with Gasteiger partial charge < -0.3 is 15.0 Å². The maximum absolute atomic E-state index is 5.47. The second kappa shape index (κ2) is 6.49. The Labute approximate surface area is 123 Å². The van der Waals surface area contributed by atoms with Gasteiger partial charge in [-0.3, -0.25) is 0 Å². The molecule has 112 valence electrons. The van der Waals surface area contributed by atoms with Gasteiger partial charge in [0.1, 0.15) is 5.75 Å². The van der Waals surface area contributed by atoms with Crippen LogP contribution in [0.5, 0.6) is 5.75 Å². The quantitative estimate of drug-likeness (QED) is 0.859. The van der Waals surface area contributed by atoms with Crippen molar-refractivity contribution >= 4 is 5.69 Å². The highest BCUT2D eigenvalue weighted by Gasteiger charge is 2.31. The van der Waals surface area contributed by atoms with Gasteiger partial charge in [0.25, 0.3) is 0 Å². The van der Waals surface area contributed by atoms with Gasteiger partial charge in [-0.05, 0) is 56.5 Å². The molecule has 1 aromatic rings. The van der Waals surface area contributed by atoms with Crippen LogP contribution >= 0.6 is 0 Å². The van der Waals surface area contributed by atoms with Gasteiger partial charge in [-0.25, -0.2) is 0 Å². The van der Waals surface area contributed by atoms with E-state index in [0.29, 0.717) is 6.04 Å². The summed E-state index contributed by atoms with van der Waals surface area (Å²) in [4.78, 5) is 2.18. The number of ether oxygens (including phenoxy) is 1. The fraction of sp³-hybridized carbons (Fsp3) is 0.647. The van der Waals surface area contributed by atoms with Crippen molar-refractivity contribution in [3.05, 3.63) is 23.8 Å². The molecule has 1 aliphatic rings. The minimum atomic E-state index is 0.603. The van der Waals surface area contributed by atoms with Gasteiger partial charge in [-0.1, -0.05) is 19.9 Å². The summed E-state index contributed by atoms with van der Waals surface area (Å²) in [6.45, 7) is 5.59. The average Bonchev–Trinajstić information content (AvgIpc) is 2.32. The predicted molar refractivity (Wildman–Crippen MR) is 85.4 cm³/mol. The third-order valence-electron chi connectivity index (χ3n) is 4.24. The Morgan fingerprint density at radius 2 is 2.00 bits per heavy atom. The van der Waals surface area contributed by atoms with Crippen molar-refractivity contribution in [1.82, 2.24) is 4.90 Å². The lowest BCUT2D eigenvalue weighted by molar-refractivity contribution is 0.211. The zero-order chi connectivity index (χ0) is 14.7. The molecule has 0 amide bonds. The topological polar surface area (TPSA) is 24.5 Å². The Bertz CT molecular complexity index is 437. The summed E-state index contributed by atoms with van der Waals surface area (Å²) < 4.78 is 5.47. The van der Waals surface area contributed by atoms with Crippen molar-refractivity contribution in [3.63, 3.8) is 0 Å². The minimum Gasteiger partial charge on any atom is -0.495 e. The molecule has 0 aliphatic heterocycles. The summed E-state index contributed by atoms with van der Waals surface area (Å²) in [7, 11) is 5.93. The van der Waals surface area contributed by atoms with Crippen LogP contribution in [0.3, 0.4) is 0 Å². The summed E-state index contributed by atoms with van der Waals surface area (Å²) in [6.07, 6.45) is 2.55. The van der Waals surface area contributed by atoms with Crippen molar-refractivity contribution in [2.75, 3.05) is 26.5 Å². The van der Waals surface area contributed by atoms with E-state index in [1.54, 1.807) is 7.11 Å². The lowest BCUT2D eigenvalue weighted by atomic mass is 9.73. The third kappa shape index (κ3) is 3.66. The number of hydrogen-bond acceptors (Lipinski definition) is 3. The average molecular weight is 276 g/mol. The molecule has 0 bridgehead atoms. The van der Waals surface area contributed by atoms with Gasteiger partial charge in [0.05, 0.1) is 12.8 Å². The molecule has 1 aromatic carbocycles. The summed E-state index contributed by atoms with van der Waals surface area (Å²) in [5, 5.41) is 3.65. The molecule has 1 aliphatic carbocycles. The smallest absolute Gasteiger partial charge is 0.141 e. The minimum absolute atomic E-state index is 0.603. The number of hydrogen-bond donors (Lipinski definition) is 1. The lowest BCUT2D eigenvalue weighted by Gasteiger charge is -2.39. The molecule has 0 atom stereocenters. The van der Waals surface area contributed by atoms with Crippen molar-refractivity contribution in [2.45, 2.75) is 39.3 Å². The Morgan fingerprint density at radius 1 is 1.30 bits per heavy atom. The first kappa shape index (κ1) is 15.2. The van der Waals surface area contributed by atoms with Crippen molar-refractivity contribution in [2.24, 2.45) is 11.8 Å². The number of anilines is 1. The van der Waals surface area contributed by atoms with Crippen LogP contribution in [0, 0.1) is 11.8 Å². The maximum Gasteiger partial charge on any atom is 0.141 e. The molecule has 20 heavy (non-hydrogen) atoms. The molecule has 1 fully saturated rings. The highest BCUT2D eigenvalue weighted by Crippen LogP contribution is 2.37. The summed E-state index contributed by atoms with van der Waals surface area (Å²) in [6, 6.07) is 7.04. The van der Waals surface area contributed by atoms with E-state index in [2.05, 4.69) is 56.4 Å². The standard InChI is InChI=1S/C17H28N2O/c1-12(2)14-9-15(10-14)18-16-8-13(11-19(3)4)6-7-17(16)20-5/h6-8,12,14-15,18H,9-11H2,1-5H3. The highest BCUT2D eigenvalue weighted by molar-refractivity contribution is 5.59. The van der Waals surface area contributed by atoms with E-state index >= 15 is 0 Å². The fourth-order valence-corrected chi connectivity index (χ4v) is 2.88. The van der Waals surface area contributed by atoms with E-state index in [0.717, 1.165) is 29.8 Å². The van der Waals surface area contributed by atoms with E-state index in [1.807, 2.05) is 0 Å². The zero-order valence-corrected chi connectivity index (χ0v) is 13.4. The van der Waals surface area contributed by atoms with Crippen LogP contribution in [-0.2, 0) is 6.54 Å². The van der Waals surface area contributed by atoms with E-state index in [1.165, 1.54) is 18.4 Å². The van der Waals surface area contributed by atoms with Crippen LogP contribution in [0.25, 0.3) is 0 Å². The highest BCUT2D eigenvalue weighted by atomic mass is 16.5. The predicted octanol–water partition coefficient (Wildman–Crippen LogP) is 3.60. The van der Waals surface area contributed by atoms with Gasteiger partial charge in [-0.15, -0.1) is 0 Å². The van der Waals surface area contributed by atoms with Gasteiger partial charge in [0, 0.05) is 12.6 Å². The Hall–Kier alpha value is -1.22. The molecule has 0 unspecified atom stereocenters. The van der Waals surface area contributed by atoms with Crippen molar-refractivity contribution in [3.8, 4) is 5.75 Å². The summed E-state index contributed by atoms with van der Waals surface area (Å²) >= 11 is 0. The zero-order valence-electron chi connectivity index (χ0n) is 13.4. The molecule has 0 saturated heterocycles. The van der Waals surface area contributed by atoms with E-state index in [9.17, 15) is 0 Å². The molecule has 0 heterocycles. The first-order chi connectivity index (χ1) is 9.49. The maximum atomic E-state index is 5.47. The Kier molecular flexibility index (Phi) is 4.92. The van der Waals surface area contributed by atoms with E-state index in [4.69, 9.17) is 4.74 Å². The second-order valence-electron chi connectivity index (χ2n) is 6.59. The lowest BCUT2D eigenvalue weighted by Crippen LogP contribution is -2.38. The van der Waals surface area contributed by atoms with Crippen LogP contribution in [0.2, 0.25) is 0 Å². The van der Waals surface area contributed by atoms with Gasteiger partial charge in [0.15, 0.2) is 0 Å². The van der Waals surface area contributed by atoms with Crippen LogP contribution < -0.4 is 10.1 Å². The normalized spacial score (nSPS) is 21.9. The molecular formula is C17H28N2O. The number of nitrogens with zero attached hydrogens (tertiary/aromatic N) is 1. The fourth-order valence-electron chi connectivity index (χ4n) is 2.88. The van der Waals surface area contributed by atoms with Gasteiger partial charge >= 0.3 is 0 Å². The molecule has 1 N–H and O–H groups in total. The summed E-state index contributed by atoms with van der Waals surface area (Å²) in [5.41, 5.74) is 2.46. The number of benzene rings is 1. The summed E-state index contributed by atoms with van der Waals surface area (Å²) in [5.74, 6) is 2.62. The van der Waals surface area contributed by atoms with Crippen LogP contribution in [0.1, 0.15) is 32.3 Å². The van der Waals surface area contributed by atoms with Gasteiger partial charge in [0.2, 0.25) is 0 Å². The molecule has 3 nitrogen and oxygen atoms in total. The van der Waals surface area contributed by atoms with E-state index < -0.39 is 0 Å². The third-order valence-corrected chi connectivity index (χ3v) is 4.24. The van der Waals surface area contributed by atoms with Crippen molar-refractivity contribution < 1.29 is 4.74 Å². The first-order valence-corrected chi connectivity index (χ1v) is 7.57. The molecular weight excluding hydrogens is 248 g/mol. The molecule has 0 radical (unpaired) electrons. The largest absolute Gasteiger partial charge is 0.495 e. The number of nitrogens with one attached hydrogen (secondary N) is 1. The first-order valence-electron chi connectivity index (χ1n) is 7.57. The van der Waals surface area contributed by atoms with Crippen LogP contribution in [0.15, 0.2) is 18.2 Å². The molecule has 2 rings (SSSR count). The monoisotopic (exact) mass is 276 g/mol. The Balaban J connectivity index is 2.02. The number of rotatable bonds is 6. The molecule has 1 saturated carbocycles. The molecule has 0 aromatic heterocycles. The van der Waals surface area contributed by atoms with Crippen LogP contribution in [0.4, 0.5) is 5.69 Å². The number of methoxy groups -OCH3 is 1. The van der Waals surface area contributed by atoms with Crippen molar-refractivity contribution in [1.29, 1.82) is 0 Å². The van der Waals surface area contributed by atoms with Gasteiger partial charge in [-0.2, -0.15) is 0 Å². The molecule has 0 spiro atoms. The Morgan fingerprint density at radius 3 is 2.55 bits per heavy atom. The SMILES string of the molecule is COc1ccc(CN(C)C)cc1NC1CC(C(C)C)C1. The van der Waals surface area contributed by atoms with Crippen LogP contribution in [-0.4, -0.2) is 32.1 Å².